The van der Waals surface area contributed by atoms with E-state index in [1.165, 1.54) is 18.3 Å². The summed E-state index contributed by atoms with van der Waals surface area (Å²) in [5.41, 5.74) is 1.95. The van der Waals surface area contributed by atoms with E-state index in [0.29, 0.717) is 11.1 Å². The highest BCUT2D eigenvalue weighted by molar-refractivity contribution is 5.79. The maximum atomic E-state index is 12.0. The van der Waals surface area contributed by atoms with Crippen molar-refractivity contribution in [2.75, 3.05) is 0 Å². The van der Waals surface area contributed by atoms with Gasteiger partial charge < -0.3 is 9.57 Å². The van der Waals surface area contributed by atoms with Crippen LogP contribution in [0.15, 0.2) is 53.7 Å². The molecule has 0 spiro atoms. The monoisotopic (exact) mass is 302 g/mol. The van der Waals surface area contributed by atoms with E-state index in [0.717, 1.165) is 5.56 Å². The Morgan fingerprint density at radius 3 is 2.55 bits per heavy atom. The first kappa shape index (κ1) is 15.4. The lowest BCUT2D eigenvalue weighted by Gasteiger charge is -2.04. The third-order valence-electron chi connectivity index (χ3n) is 2.74. The third kappa shape index (κ3) is 4.56. The van der Waals surface area contributed by atoms with Crippen molar-refractivity contribution in [3.8, 4) is 11.8 Å². The second-order valence-corrected chi connectivity index (χ2v) is 4.22. The molecule has 2 aromatic rings. The van der Waals surface area contributed by atoms with Crippen LogP contribution in [0.25, 0.3) is 0 Å². The van der Waals surface area contributed by atoms with Gasteiger partial charge in [0.05, 0.1) is 17.8 Å². The highest BCUT2D eigenvalue weighted by Gasteiger charge is 2.03. The van der Waals surface area contributed by atoms with Gasteiger partial charge in [-0.2, -0.15) is 14.0 Å². The Balaban J connectivity index is 1.89. The van der Waals surface area contributed by atoms with Crippen molar-refractivity contribution in [1.29, 1.82) is 5.26 Å². The van der Waals surface area contributed by atoms with Crippen LogP contribution in [0.4, 0.5) is 8.78 Å². The average molecular weight is 302 g/mol. The molecule has 2 rings (SSSR count). The largest absolute Gasteiger partial charge is 0.435 e. The van der Waals surface area contributed by atoms with E-state index < -0.39 is 6.61 Å². The fourth-order valence-corrected chi connectivity index (χ4v) is 1.70. The van der Waals surface area contributed by atoms with Crippen molar-refractivity contribution < 1.29 is 18.4 Å². The number of alkyl halides is 2. The molecule has 22 heavy (non-hydrogen) atoms. The van der Waals surface area contributed by atoms with E-state index in [-0.39, 0.29) is 12.4 Å². The van der Waals surface area contributed by atoms with Gasteiger partial charge in [0.1, 0.15) is 12.4 Å². The lowest BCUT2D eigenvalue weighted by molar-refractivity contribution is -0.0498. The fraction of sp³-hybridized carbons (Fsp3) is 0.125. The quantitative estimate of drug-likeness (QED) is 0.604. The van der Waals surface area contributed by atoms with E-state index in [2.05, 4.69) is 16.0 Å². The molecule has 0 atom stereocenters. The van der Waals surface area contributed by atoms with Crippen molar-refractivity contribution in [1.82, 2.24) is 0 Å². The van der Waals surface area contributed by atoms with Crippen LogP contribution in [-0.4, -0.2) is 12.8 Å². The van der Waals surface area contributed by atoms with Gasteiger partial charge in [-0.05, 0) is 35.9 Å². The lowest BCUT2D eigenvalue weighted by Crippen LogP contribution is -2.01. The van der Waals surface area contributed by atoms with E-state index >= 15 is 0 Å². The van der Waals surface area contributed by atoms with Crippen molar-refractivity contribution in [2.45, 2.75) is 13.2 Å². The van der Waals surface area contributed by atoms with Crippen molar-refractivity contribution in [3.05, 3.63) is 65.2 Å². The lowest BCUT2D eigenvalue weighted by atomic mass is 10.1. The number of benzene rings is 2. The van der Waals surface area contributed by atoms with Gasteiger partial charge in [0, 0.05) is 5.56 Å². The van der Waals surface area contributed by atoms with Crippen LogP contribution in [0.2, 0.25) is 0 Å². The van der Waals surface area contributed by atoms with Crippen LogP contribution in [0.5, 0.6) is 5.75 Å². The molecule has 0 amide bonds. The Kier molecular flexibility index (Phi) is 5.44. The predicted octanol–water partition coefficient (Wildman–Crippen LogP) is 3.71. The van der Waals surface area contributed by atoms with Gasteiger partial charge in [-0.1, -0.05) is 23.4 Å². The summed E-state index contributed by atoms with van der Waals surface area (Å²) < 4.78 is 28.2. The molecule has 2 aromatic carbocycles. The standard InChI is InChI=1S/C16H12F2N2O2/c17-16(18)22-15-7-5-12(6-8-15)10-20-21-11-14-4-2-1-3-13(14)9-19/h1-8,10,16H,11H2/b20-10+. The number of rotatable bonds is 6. The van der Waals surface area contributed by atoms with Crippen LogP contribution in [0.1, 0.15) is 16.7 Å². The number of ether oxygens (including phenoxy) is 1. The van der Waals surface area contributed by atoms with Crippen LogP contribution < -0.4 is 4.74 Å². The molecule has 0 unspecified atom stereocenters. The number of hydrogen-bond acceptors (Lipinski definition) is 4. The van der Waals surface area contributed by atoms with Crippen LogP contribution in [0, 0.1) is 11.3 Å². The Labute approximate surface area is 126 Å². The highest BCUT2D eigenvalue weighted by Crippen LogP contribution is 2.14. The summed E-state index contributed by atoms with van der Waals surface area (Å²) in [6, 6.07) is 15.1. The van der Waals surface area contributed by atoms with Gasteiger partial charge in [-0.25, -0.2) is 0 Å². The van der Waals surface area contributed by atoms with Gasteiger partial charge in [-0.3, -0.25) is 0 Å². The second-order valence-electron chi connectivity index (χ2n) is 4.22. The zero-order valence-corrected chi connectivity index (χ0v) is 11.4. The maximum Gasteiger partial charge on any atom is 0.387 e. The molecule has 0 aromatic heterocycles. The predicted molar refractivity (Wildman–Crippen MR) is 76.6 cm³/mol. The molecule has 0 aliphatic rings. The van der Waals surface area contributed by atoms with Gasteiger partial charge in [0.2, 0.25) is 0 Å². The Bertz CT molecular complexity index is 679. The number of nitriles is 1. The molecule has 0 radical (unpaired) electrons. The molecule has 0 aliphatic heterocycles. The zero-order valence-electron chi connectivity index (χ0n) is 11.4. The van der Waals surface area contributed by atoms with Crippen LogP contribution in [0.3, 0.4) is 0 Å². The first-order valence-corrected chi connectivity index (χ1v) is 6.37. The van der Waals surface area contributed by atoms with E-state index in [4.69, 9.17) is 10.1 Å². The second kappa shape index (κ2) is 7.74. The molecular formula is C16H12F2N2O2. The minimum Gasteiger partial charge on any atom is -0.435 e. The van der Waals surface area contributed by atoms with Crippen LogP contribution >= 0.6 is 0 Å². The Hall–Kier alpha value is -2.94. The summed E-state index contributed by atoms with van der Waals surface area (Å²) in [4.78, 5) is 5.13. The molecule has 0 bridgehead atoms. The summed E-state index contributed by atoms with van der Waals surface area (Å²) in [5, 5.41) is 12.7. The van der Waals surface area contributed by atoms with Crippen molar-refractivity contribution in [3.63, 3.8) is 0 Å². The van der Waals surface area contributed by atoms with Gasteiger partial charge in [-0.15, -0.1) is 0 Å². The molecular weight excluding hydrogens is 290 g/mol. The van der Waals surface area contributed by atoms with E-state index in [1.54, 1.807) is 30.3 Å². The number of hydrogen-bond donors (Lipinski definition) is 0. The third-order valence-corrected chi connectivity index (χ3v) is 2.74. The molecule has 0 saturated heterocycles. The van der Waals surface area contributed by atoms with Crippen molar-refractivity contribution in [2.24, 2.45) is 5.16 Å². The number of oxime groups is 1. The molecule has 6 heteroatoms. The molecule has 112 valence electrons. The summed E-state index contributed by atoms with van der Waals surface area (Å²) in [6.45, 7) is -2.67. The summed E-state index contributed by atoms with van der Waals surface area (Å²) in [7, 11) is 0. The molecule has 0 heterocycles. The zero-order chi connectivity index (χ0) is 15.8. The van der Waals surface area contributed by atoms with Crippen molar-refractivity contribution >= 4 is 6.21 Å². The summed E-state index contributed by atoms with van der Waals surface area (Å²) in [5.74, 6) is 0.0796. The Morgan fingerprint density at radius 2 is 1.86 bits per heavy atom. The summed E-state index contributed by atoms with van der Waals surface area (Å²) in [6.07, 6.45) is 1.45. The minimum absolute atomic E-state index is 0.0796. The molecule has 0 fully saturated rings. The first-order chi connectivity index (χ1) is 10.7. The van der Waals surface area contributed by atoms with E-state index in [1.807, 2.05) is 6.07 Å². The fourth-order valence-electron chi connectivity index (χ4n) is 1.70. The number of nitrogens with zero attached hydrogens (tertiary/aromatic N) is 2. The van der Waals surface area contributed by atoms with Gasteiger partial charge >= 0.3 is 6.61 Å². The van der Waals surface area contributed by atoms with Crippen LogP contribution in [-0.2, 0) is 11.4 Å². The normalized spacial score (nSPS) is 10.6. The smallest absolute Gasteiger partial charge is 0.387 e. The average Bonchev–Trinajstić information content (AvgIpc) is 2.53. The highest BCUT2D eigenvalue weighted by atomic mass is 19.3. The van der Waals surface area contributed by atoms with Gasteiger partial charge in [0.25, 0.3) is 0 Å². The minimum atomic E-state index is -2.84. The molecule has 4 nitrogen and oxygen atoms in total. The number of halogens is 2. The first-order valence-electron chi connectivity index (χ1n) is 6.37. The molecule has 0 N–H and O–H groups in total. The molecule has 0 saturated carbocycles. The Morgan fingerprint density at radius 1 is 1.14 bits per heavy atom. The van der Waals surface area contributed by atoms with E-state index in [9.17, 15) is 8.78 Å². The van der Waals surface area contributed by atoms with Gasteiger partial charge in [0.15, 0.2) is 0 Å². The summed E-state index contributed by atoms with van der Waals surface area (Å²) >= 11 is 0. The topological polar surface area (TPSA) is 54.6 Å². The maximum absolute atomic E-state index is 12.0. The molecule has 0 aliphatic carbocycles. The SMILES string of the molecule is N#Cc1ccccc1CO/N=C/c1ccc(OC(F)F)cc1.